The number of nitrogens with one attached hydrogen (secondary N) is 2. The minimum atomic E-state index is -0.576. The first-order valence-electron chi connectivity index (χ1n) is 10.6. The number of carbonyl (C=O) groups excluding carboxylic acids is 1. The molecule has 1 aliphatic carbocycles. The molecule has 168 valence electrons. The van der Waals surface area contributed by atoms with Crippen LogP contribution in [0.25, 0.3) is 22.4 Å². The lowest BCUT2D eigenvalue weighted by Crippen LogP contribution is -2.33. The third kappa shape index (κ3) is 3.93. The van der Waals surface area contributed by atoms with Gasteiger partial charge in [-0.3, -0.25) is 24.1 Å². The molecule has 4 aromatic rings. The molecule has 1 fully saturated rings. The quantitative estimate of drug-likeness (QED) is 0.456. The number of amides is 1. The molecule has 5 rings (SSSR count). The van der Waals surface area contributed by atoms with Crippen LogP contribution in [0.3, 0.4) is 0 Å². The summed E-state index contributed by atoms with van der Waals surface area (Å²) in [6, 6.07) is 4.44. The molecular weight excluding hydrogens is 426 g/mol. The normalized spacial score (nSPS) is 14.5. The molecule has 1 aliphatic rings. The summed E-state index contributed by atoms with van der Waals surface area (Å²) in [5.41, 5.74) is 0.151. The molecule has 11 nitrogen and oxygen atoms in total. The largest absolute Gasteiger partial charge is 0.340 e. The average Bonchev–Trinajstić information content (AvgIpc) is 3.52. The Labute approximate surface area is 186 Å². The van der Waals surface area contributed by atoms with Crippen LogP contribution >= 0.6 is 0 Å². The van der Waals surface area contributed by atoms with Crippen molar-refractivity contribution in [1.82, 2.24) is 35.0 Å². The van der Waals surface area contributed by atoms with Gasteiger partial charge in [-0.25, -0.2) is 9.78 Å². The summed E-state index contributed by atoms with van der Waals surface area (Å²) in [7, 11) is 0. The summed E-state index contributed by atoms with van der Waals surface area (Å²) < 4.78 is 6.91. The van der Waals surface area contributed by atoms with Crippen LogP contribution in [-0.4, -0.2) is 35.6 Å². The first-order chi connectivity index (χ1) is 15.9. The predicted molar refractivity (Wildman–Crippen MR) is 117 cm³/mol. The van der Waals surface area contributed by atoms with Gasteiger partial charge in [-0.2, -0.15) is 4.98 Å². The van der Waals surface area contributed by atoms with E-state index in [1.165, 1.54) is 16.8 Å². The molecule has 4 aromatic heterocycles. The Hall–Kier alpha value is -4.15. The monoisotopic (exact) mass is 447 g/mol. The molecule has 0 aliphatic heterocycles. The van der Waals surface area contributed by atoms with E-state index in [9.17, 15) is 14.4 Å². The highest BCUT2D eigenvalue weighted by atomic mass is 16.5. The fourth-order valence-corrected chi connectivity index (χ4v) is 3.65. The third-order valence-electron chi connectivity index (χ3n) is 5.55. The average molecular weight is 447 g/mol. The minimum Gasteiger partial charge on any atom is -0.340 e. The van der Waals surface area contributed by atoms with Crippen LogP contribution in [0, 0.1) is 5.92 Å². The van der Waals surface area contributed by atoms with E-state index >= 15 is 0 Å². The number of carbonyl (C=O) groups is 1. The van der Waals surface area contributed by atoms with E-state index in [-0.39, 0.29) is 34.4 Å². The van der Waals surface area contributed by atoms with Crippen molar-refractivity contribution in [3.63, 3.8) is 0 Å². The van der Waals surface area contributed by atoms with Gasteiger partial charge in [-0.05, 0) is 37.0 Å². The van der Waals surface area contributed by atoms with Crippen molar-refractivity contribution in [2.45, 2.75) is 38.8 Å². The van der Waals surface area contributed by atoms with Crippen molar-refractivity contribution in [1.29, 1.82) is 0 Å². The summed E-state index contributed by atoms with van der Waals surface area (Å²) in [4.78, 5) is 52.6. The number of rotatable bonds is 6. The molecule has 4 heterocycles. The van der Waals surface area contributed by atoms with Gasteiger partial charge < -0.3 is 9.84 Å². The third-order valence-corrected chi connectivity index (χ3v) is 5.55. The lowest BCUT2D eigenvalue weighted by Gasteiger charge is -2.18. The smallest absolute Gasteiger partial charge is 0.330 e. The van der Waals surface area contributed by atoms with Gasteiger partial charge >= 0.3 is 5.69 Å². The molecular formula is C22H21N7O4. The number of hydrogen-bond donors (Lipinski definition) is 2. The van der Waals surface area contributed by atoms with E-state index in [1.807, 2.05) is 13.8 Å². The van der Waals surface area contributed by atoms with E-state index in [0.717, 1.165) is 18.4 Å². The number of aromatic nitrogens is 6. The SMILES string of the molecule is CC(C)C(NC(=O)c1cnc2c(c1)c(=O)[nH]c(=O)n2C1CC1)c1nc(-c2ccncc2)no1. The molecule has 2 N–H and O–H groups in total. The van der Waals surface area contributed by atoms with Gasteiger partial charge in [-0.1, -0.05) is 19.0 Å². The number of fused-ring (bicyclic) bond motifs is 1. The molecule has 0 saturated heterocycles. The molecule has 0 radical (unpaired) electrons. The van der Waals surface area contributed by atoms with E-state index in [2.05, 4.69) is 30.4 Å². The van der Waals surface area contributed by atoms with Crippen molar-refractivity contribution < 1.29 is 9.32 Å². The molecule has 0 spiro atoms. The second kappa shape index (κ2) is 8.08. The van der Waals surface area contributed by atoms with E-state index in [0.29, 0.717) is 5.82 Å². The first kappa shape index (κ1) is 20.7. The fourth-order valence-electron chi connectivity index (χ4n) is 3.65. The molecule has 11 heteroatoms. The predicted octanol–water partition coefficient (Wildman–Crippen LogP) is 1.99. The Bertz CT molecular complexity index is 1450. The van der Waals surface area contributed by atoms with Crippen LogP contribution in [0.2, 0.25) is 0 Å². The second-order valence-corrected chi connectivity index (χ2v) is 8.34. The van der Waals surface area contributed by atoms with Crippen LogP contribution in [0.15, 0.2) is 50.9 Å². The van der Waals surface area contributed by atoms with Crippen molar-refractivity contribution in [2.24, 2.45) is 5.92 Å². The molecule has 1 amide bonds. The standard InChI is InChI=1S/C22H21N7O4/c1-11(2)16(21-26-17(28-33-21)12-5-7-23-8-6-12)25-19(30)13-9-15-18(24-10-13)29(14-3-4-14)22(32)27-20(15)31/h5-11,14,16H,3-4H2,1-2H3,(H,25,30)(H,27,31,32). The highest BCUT2D eigenvalue weighted by Gasteiger charge is 2.29. The van der Waals surface area contributed by atoms with E-state index in [4.69, 9.17) is 4.52 Å². The molecule has 1 saturated carbocycles. The Kier molecular flexibility index (Phi) is 5.08. The highest BCUT2D eigenvalue weighted by Crippen LogP contribution is 2.34. The number of nitrogens with zero attached hydrogens (tertiary/aromatic N) is 5. The summed E-state index contributed by atoms with van der Waals surface area (Å²) in [6.45, 7) is 3.83. The van der Waals surface area contributed by atoms with Gasteiger partial charge in [0.15, 0.2) is 0 Å². The fraction of sp³-hybridized carbons (Fsp3) is 0.318. The Balaban J connectivity index is 1.44. The van der Waals surface area contributed by atoms with Gasteiger partial charge in [-0.15, -0.1) is 0 Å². The van der Waals surface area contributed by atoms with E-state index < -0.39 is 23.2 Å². The summed E-state index contributed by atoms with van der Waals surface area (Å²) >= 11 is 0. The second-order valence-electron chi connectivity index (χ2n) is 8.34. The summed E-state index contributed by atoms with van der Waals surface area (Å²) in [5, 5.41) is 7.09. The Morgan fingerprint density at radius 2 is 2.00 bits per heavy atom. The Morgan fingerprint density at radius 3 is 2.70 bits per heavy atom. The number of pyridine rings is 2. The maximum absolute atomic E-state index is 13.0. The lowest BCUT2D eigenvalue weighted by molar-refractivity contribution is 0.0913. The summed E-state index contributed by atoms with van der Waals surface area (Å²) in [5.74, 6) is 0.149. The Morgan fingerprint density at radius 1 is 1.24 bits per heavy atom. The van der Waals surface area contributed by atoms with Gasteiger partial charge in [0.2, 0.25) is 11.7 Å². The van der Waals surface area contributed by atoms with Crippen molar-refractivity contribution in [2.75, 3.05) is 0 Å². The van der Waals surface area contributed by atoms with Crippen LogP contribution in [0.1, 0.15) is 55.0 Å². The zero-order valence-corrected chi connectivity index (χ0v) is 18.0. The van der Waals surface area contributed by atoms with Crippen LogP contribution in [0.5, 0.6) is 0 Å². The lowest BCUT2D eigenvalue weighted by atomic mass is 10.0. The highest BCUT2D eigenvalue weighted by molar-refractivity contribution is 5.96. The number of aromatic amines is 1. The molecule has 1 atom stereocenters. The van der Waals surface area contributed by atoms with Gasteiger partial charge in [0.25, 0.3) is 11.5 Å². The molecule has 33 heavy (non-hydrogen) atoms. The first-order valence-corrected chi connectivity index (χ1v) is 10.6. The maximum atomic E-state index is 13.0. The maximum Gasteiger partial charge on any atom is 0.330 e. The molecule has 0 bridgehead atoms. The van der Waals surface area contributed by atoms with Crippen LogP contribution in [-0.2, 0) is 0 Å². The topological polar surface area (TPSA) is 149 Å². The van der Waals surface area contributed by atoms with Crippen molar-refractivity contribution >= 4 is 16.9 Å². The zero-order valence-electron chi connectivity index (χ0n) is 18.0. The summed E-state index contributed by atoms with van der Waals surface area (Å²) in [6.07, 6.45) is 6.33. The molecule has 0 aromatic carbocycles. The van der Waals surface area contributed by atoms with Crippen LogP contribution in [0.4, 0.5) is 0 Å². The van der Waals surface area contributed by atoms with Gasteiger partial charge in [0.05, 0.1) is 10.9 Å². The van der Waals surface area contributed by atoms with Crippen LogP contribution < -0.4 is 16.6 Å². The van der Waals surface area contributed by atoms with E-state index in [1.54, 1.807) is 24.5 Å². The van der Waals surface area contributed by atoms with Crippen molar-refractivity contribution in [3.05, 3.63) is 69.1 Å². The number of hydrogen-bond acceptors (Lipinski definition) is 8. The minimum absolute atomic E-state index is 0.0291. The molecule has 1 unspecified atom stereocenters. The number of H-pyrrole nitrogens is 1. The van der Waals surface area contributed by atoms with Gasteiger partial charge in [0.1, 0.15) is 11.7 Å². The van der Waals surface area contributed by atoms with Gasteiger partial charge in [0, 0.05) is 30.2 Å². The van der Waals surface area contributed by atoms with Crippen molar-refractivity contribution in [3.8, 4) is 11.4 Å². The zero-order chi connectivity index (χ0) is 23.1.